The number of halogens is 1. The van der Waals surface area contributed by atoms with E-state index in [1.54, 1.807) is 11.3 Å². The summed E-state index contributed by atoms with van der Waals surface area (Å²) in [6.07, 6.45) is 1.81. The zero-order chi connectivity index (χ0) is 15.7. The van der Waals surface area contributed by atoms with Crippen molar-refractivity contribution in [3.05, 3.63) is 64.4 Å². The number of nitrogens with zero attached hydrogens (tertiary/aromatic N) is 4. The number of rotatable bonds is 4. The Morgan fingerprint density at radius 2 is 2.14 bits per heavy atom. The molecule has 1 unspecified atom stereocenters. The van der Waals surface area contributed by atoms with E-state index in [1.165, 1.54) is 12.1 Å². The molecule has 0 radical (unpaired) electrons. The summed E-state index contributed by atoms with van der Waals surface area (Å²) in [6, 6.07) is 8.54. The number of aromatic nitrogens is 3. The van der Waals surface area contributed by atoms with Crippen LogP contribution >= 0.6 is 0 Å². The fourth-order valence-corrected chi connectivity index (χ4v) is 2.23. The second-order valence-corrected chi connectivity index (χ2v) is 4.77. The number of hydrogen-bond donors (Lipinski definition) is 1. The van der Waals surface area contributed by atoms with Gasteiger partial charge in [-0.25, -0.2) is 4.39 Å². The smallest absolute Gasteiger partial charge is 0.295 e. The molecule has 0 spiro atoms. The number of pyridine rings is 1. The molecular formula is C14H12FN5O2. The maximum absolute atomic E-state index is 13.2. The molecule has 0 saturated carbocycles. The van der Waals surface area contributed by atoms with Gasteiger partial charge in [-0.05, 0) is 31.2 Å². The lowest BCUT2D eigenvalue weighted by atomic mass is 10.2. The Labute approximate surface area is 124 Å². The summed E-state index contributed by atoms with van der Waals surface area (Å²) >= 11 is 0. The quantitative estimate of drug-likeness (QED) is 0.591. The molecule has 2 heterocycles. The highest BCUT2D eigenvalue weighted by Gasteiger charge is 2.19. The van der Waals surface area contributed by atoms with Crippen molar-refractivity contribution in [2.45, 2.75) is 13.0 Å². The lowest BCUT2D eigenvalue weighted by Gasteiger charge is -2.13. The van der Waals surface area contributed by atoms with Crippen molar-refractivity contribution in [1.82, 2.24) is 14.6 Å². The molecule has 7 nitrogen and oxygen atoms in total. The molecule has 3 rings (SSSR count). The summed E-state index contributed by atoms with van der Waals surface area (Å²) in [5.41, 5.74) is 0.590. The van der Waals surface area contributed by atoms with E-state index in [4.69, 9.17) is 0 Å². The summed E-state index contributed by atoms with van der Waals surface area (Å²) in [4.78, 5) is 10.4. The van der Waals surface area contributed by atoms with Crippen molar-refractivity contribution >= 4 is 17.0 Å². The zero-order valence-electron chi connectivity index (χ0n) is 11.6. The van der Waals surface area contributed by atoms with Crippen LogP contribution in [-0.2, 0) is 0 Å². The minimum atomic E-state index is -0.655. The van der Waals surface area contributed by atoms with Crippen molar-refractivity contribution in [1.29, 1.82) is 0 Å². The molecule has 1 aromatic carbocycles. The van der Waals surface area contributed by atoms with Gasteiger partial charge >= 0.3 is 0 Å². The van der Waals surface area contributed by atoms with E-state index in [2.05, 4.69) is 15.5 Å². The van der Waals surface area contributed by atoms with Crippen LogP contribution in [0.15, 0.2) is 42.6 Å². The van der Waals surface area contributed by atoms with Crippen LogP contribution in [0.5, 0.6) is 0 Å². The van der Waals surface area contributed by atoms with Crippen molar-refractivity contribution in [2.24, 2.45) is 0 Å². The van der Waals surface area contributed by atoms with Gasteiger partial charge in [0.1, 0.15) is 11.5 Å². The lowest BCUT2D eigenvalue weighted by Crippen LogP contribution is -2.12. The van der Waals surface area contributed by atoms with Crippen molar-refractivity contribution in [3.63, 3.8) is 0 Å². The largest absolute Gasteiger partial charge is 0.370 e. The Kier molecular flexibility index (Phi) is 3.42. The first-order valence-electron chi connectivity index (χ1n) is 6.56. The maximum Gasteiger partial charge on any atom is 0.295 e. The van der Waals surface area contributed by atoms with E-state index < -0.39 is 10.7 Å². The number of hydrogen-bond acceptors (Lipinski definition) is 5. The van der Waals surface area contributed by atoms with Crippen molar-refractivity contribution in [2.75, 3.05) is 5.32 Å². The number of fused-ring (bicyclic) bond motifs is 1. The van der Waals surface area contributed by atoms with Crippen LogP contribution in [0.4, 0.5) is 15.8 Å². The molecule has 8 heteroatoms. The highest BCUT2D eigenvalue weighted by atomic mass is 19.1. The molecule has 0 saturated heterocycles. The standard InChI is InChI=1S/C14H12FN5O2/c1-9(14-18-17-13-4-2-3-7-19(13)14)16-11-6-5-10(15)8-12(11)20(21)22/h2-9,16H,1H3. The van der Waals surface area contributed by atoms with Crippen LogP contribution in [-0.4, -0.2) is 19.5 Å². The van der Waals surface area contributed by atoms with Gasteiger partial charge in [0.25, 0.3) is 5.69 Å². The van der Waals surface area contributed by atoms with Gasteiger partial charge in [0.05, 0.1) is 17.0 Å². The Morgan fingerprint density at radius 1 is 1.32 bits per heavy atom. The van der Waals surface area contributed by atoms with Crippen LogP contribution < -0.4 is 5.32 Å². The van der Waals surface area contributed by atoms with Gasteiger partial charge in [-0.3, -0.25) is 14.5 Å². The second kappa shape index (κ2) is 5.40. The summed E-state index contributed by atoms with van der Waals surface area (Å²) in [7, 11) is 0. The molecule has 0 aliphatic heterocycles. The number of benzene rings is 1. The van der Waals surface area contributed by atoms with Gasteiger partial charge in [0, 0.05) is 6.20 Å². The molecule has 1 atom stereocenters. The number of anilines is 1. The van der Waals surface area contributed by atoms with Gasteiger partial charge < -0.3 is 5.32 Å². The molecule has 3 aromatic rings. The van der Waals surface area contributed by atoms with Crippen molar-refractivity contribution < 1.29 is 9.31 Å². The minimum Gasteiger partial charge on any atom is -0.370 e. The third-order valence-electron chi connectivity index (χ3n) is 3.26. The van der Waals surface area contributed by atoms with E-state index in [-0.39, 0.29) is 17.4 Å². The second-order valence-electron chi connectivity index (χ2n) is 4.77. The topological polar surface area (TPSA) is 85.4 Å². The molecule has 0 aliphatic carbocycles. The third-order valence-corrected chi connectivity index (χ3v) is 3.26. The first-order valence-corrected chi connectivity index (χ1v) is 6.56. The monoisotopic (exact) mass is 301 g/mol. The Bertz CT molecular complexity index is 848. The normalized spacial score (nSPS) is 12.3. The number of nitrogens with one attached hydrogen (secondary N) is 1. The fourth-order valence-electron chi connectivity index (χ4n) is 2.23. The van der Waals surface area contributed by atoms with Gasteiger partial charge in [0.2, 0.25) is 0 Å². The SMILES string of the molecule is CC(Nc1ccc(F)cc1[N+](=O)[O-])c1nnc2ccccn12. The Morgan fingerprint density at radius 3 is 2.91 bits per heavy atom. The van der Waals surface area contributed by atoms with E-state index in [0.717, 1.165) is 6.07 Å². The molecule has 112 valence electrons. The third kappa shape index (κ3) is 2.46. The molecule has 0 fully saturated rings. The van der Waals surface area contributed by atoms with E-state index >= 15 is 0 Å². The Hall–Kier alpha value is -3.03. The number of nitro groups is 1. The summed E-state index contributed by atoms with van der Waals surface area (Å²) in [5, 5.41) is 22.1. The summed E-state index contributed by atoms with van der Waals surface area (Å²) in [6.45, 7) is 1.80. The molecule has 22 heavy (non-hydrogen) atoms. The minimum absolute atomic E-state index is 0.228. The maximum atomic E-state index is 13.2. The van der Waals surface area contributed by atoms with Crippen molar-refractivity contribution in [3.8, 4) is 0 Å². The molecule has 2 aromatic heterocycles. The van der Waals surface area contributed by atoms with E-state index in [1.807, 2.05) is 24.4 Å². The predicted molar refractivity (Wildman–Crippen MR) is 78.1 cm³/mol. The fraction of sp³-hybridized carbons (Fsp3) is 0.143. The zero-order valence-corrected chi connectivity index (χ0v) is 11.6. The first-order chi connectivity index (χ1) is 10.6. The molecule has 0 bridgehead atoms. The van der Waals surface area contributed by atoms with Gasteiger partial charge in [-0.2, -0.15) is 0 Å². The number of nitro benzene ring substituents is 1. The van der Waals surface area contributed by atoms with E-state index in [0.29, 0.717) is 11.5 Å². The van der Waals surface area contributed by atoms with Crippen LogP contribution in [0.25, 0.3) is 5.65 Å². The highest BCUT2D eigenvalue weighted by Crippen LogP contribution is 2.28. The Balaban J connectivity index is 1.95. The molecule has 1 N–H and O–H groups in total. The van der Waals surface area contributed by atoms with E-state index in [9.17, 15) is 14.5 Å². The van der Waals surface area contributed by atoms with Crippen LogP contribution in [0.3, 0.4) is 0 Å². The molecule has 0 aliphatic rings. The predicted octanol–water partition coefficient (Wildman–Crippen LogP) is 2.95. The van der Waals surface area contributed by atoms with Gasteiger partial charge in [-0.15, -0.1) is 10.2 Å². The van der Waals surface area contributed by atoms with Crippen LogP contribution in [0.2, 0.25) is 0 Å². The first kappa shape index (κ1) is 13.9. The van der Waals surface area contributed by atoms with Gasteiger partial charge in [0.15, 0.2) is 11.5 Å². The van der Waals surface area contributed by atoms with Gasteiger partial charge in [-0.1, -0.05) is 6.07 Å². The summed E-state index contributed by atoms with van der Waals surface area (Å²) in [5.74, 6) is -0.0490. The molecular weight excluding hydrogens is 289 g/mol. The average Bonchev–Trinajstić information content (AvgIpc) is 2.93. The van der Waals surface area contributed by atoms with Crippen LogP contribution in [0.1, 0.15) is 18.8 Å². The highest BCUT2D eigenvalue weighted by molar-refractivity contribution is 5.62. The van der Waals surface area contributed by atoms with Crippen LogP contribution in [0, 0.1) is 15.9 Å². The lowest BCUT2D eigenvalue weighted by molar-refractivity contribution is -0.384. The summed E-state index contributed by atoms with van der Waals surface area (Å²) < 4.78 is 15.0. The average molecular weight is 301 g/mol. The molecule has 0 amide bonds.